The van der Waals surface area contributed by atoms with Crippen LogP contribution in [0.2, 0.25) is 0 Å². The van der Waals surface area contributed by atoms with E-state index in [0.29, 0.717) is 0 Å². The van der Waals surface area contributed by atoms with E-state index in [1.807, 2.05) is 0 Å². The standard InChI is InChI=1S/C67H56BNO/c1-43-36-45(3)66(46(4)37-43)68(67-47(5)38-44(2)39-48(67)6)52-31-26-50(27-32-52)61-41-63-59-25-17-16-24-58(59)62(42-64(63)57-23-15-14-22-56(57)61)60-35-30-51(40-65(60)70-7)49-28-33-55(34-29-49)69(53-18-10-8-11-19-53)54-20-12-9-13-21-54/h8-42H,1-7H3. The van der Waals surface area contributed by atoms with Gasteiger partial charge in [0.1, 0.15) is 5.75 Å². The molecule has 0 atom stereocenters. The van der Waals surface area contributed by atoms with E-state index >= 15 is 0 Å². The minimum atomic E-state index is 0.119. The zero-order chi connectivity index (χ0) is 48.0. The summed E-state index contributed by atoms with van der Waals surface area (Å²) in [4.78, 5) is 2.29. The molecule has 338 valence electrons. The first-order valence-corrected chi connectivity index (χ1v) is 24.5. The smallest absolute Gasteiger partial charge is 0.242 e. The van der Waals surface area contributed by atoms with Crippen molar-refractivity contribution in [2.24, 2.45) is 0 Å². The number of benzene rings is 11. The lowest BCUT2D eigenvalue weighted by atomic mass is 9.34. The molecule has 0 saturated carbocycles. The molecular weight excluding hydrogens is 846 g/mol. The lowest BCUT2D eigenvalue weighted by Crippen LogP contribution is -2.55. The SMILES string of the molecule is COc1cc(-c2ccc(N(c3ccccc3)c3ccccc3)cc2)ccc1-c1cc2c3ccccc3c(-c3ccc(B(c4c(C)cc(C)cc4C)c4c(C)cc(C)cc4C)cc3)cc2c2ccccc12. The van der Waals surface area contributed by atoms with Gasteiger partial charge >= 0.3 is 0 Å². The summed E-state index contributed by atoms with van der Waals surface area (Å²) in [5.74, 6) is 0.840. The molecule has 0 heterocycles. The Kier molecular flexibility index (Phi) is 11.7. The van der Waals surface area contributed by atoms with E-state index in [1.165, 1.54) is 93.2 Å². The maximum atomic E-state index is 6.28. The predicted molar refractivity (Wildman–Crippen MR) is 302 cm³/mol. The van der Waals surface area contributed by atoms with E-state index in [-0.39, 0.29) is 6.71 Å². The summed E-state index contributed by atoms with van der Waals surface area (Å²) in [6.07, 6.45) is 0. The van der Waals surface area contributed by atoms with Crippen LogP contribution >= 0.6 is 0 Å². The van der Waals surface area contributed by atoms with Gasteiger partial charge in [0, 0.05) is 22.6 Å². The Labute approximate surface area is 413 Å². The molecule has 0 bridgehead atoms. The van der Waals surface area contributed by atoms with Gasteiger partial charge in [0.05, 0.1) is 7.11 Å². The van der Waals surface area contributed by atoms with Crippen molar-refractivity contribution in [1.29, 1.82) is 0 Å². The molecule has 0 aliphatic carbocycles. The van der Waals surface area contributed by atoms with Crippen LogP contribution in [0.1, 0.15) is 33.4 Å². The summed E-state index contributed by atoms with van der Waals surface area (Å²) in [5, 5.41) is 7.35. The van der Waals surface area contributed by atoms with Crippen LogP contribution in [0.25, 0.3) is 65.7 Å². The minimum Gasteiger partial charge on any atom is -0.496 e. The normalized spacial score (nSPS) is 11.4. The van der Waals surface area contributed by atoms with E-state index in [1.54, 1.807) is 7.11 Å². The van der Waals surface area contributed by atoms with Gasteiger partial charge in [0.25, 0.3) is 0 Å². The third-order valence-corrected chi connectivity index (χ3v) is 14.5. The number of nitrogens with zero attached hydrogens (tertiary/aromatic N) is 1. The minimum absolute atomic E-state index is 0.119. The molecule has 0 aliphatic rings. The van der Waals surface area contributed by atoms with Crippen molar-refractivity contribution in [2.45, 2.75) is 41.5 Å². The lowest BCUT2D eigenvalue weighted by Gasteiger charge is -2.25. The fraction of sp³-hybridized carbons (Fsp3) is 0.104. The fourth-order valence-electron chi connectivity index (χ4n) is 11.5. The number of hydrogen-bond donors (Lipinski definition) is 0. The highest BCUT2D eigenvalue weighted by Gasteiger charge is 2.29. The quantitative estimate of drug-likeness (QED) is 0.100. The number of fused-ring (bicyclic) bond motifs is 5. The third-order valence-electron chi connectivity index (χ3n) is 14.5. The van der Waals surface area contributed by atoms with Crippen LogP contribution < -0.4 is 26.0 Å². The average molecular weight is 902 g/mol. The van der Waals surface area contributed by atoms with Gasteiger partial charge in [-0.05, 0) is 156 Å². The molecule has 0 N–H and O–H groups in total. The number of ether oxygens (including phenoxy) is 1. The summed E-state index contributed by atoms with van der Waals surface area (Å²) >= 11 is 0. The third kappa shape index (κ3) is 8.02. The molecule has 0 saturated heterocycles. The first-order chi connectivity index (χ1) is 34.1. The van der Waals surface area contributed by atoms with Crippen molar-refractivity contribution in [1.82, 2.24) is 0 Å². The lowest BCUT2D eigenvalue weighted by molar-refractivity contribution is 0.416. The summed E-state index contributed by atoms with van der Waals surface area (Å²) in [6.45, 7) is 13.7. The number of anilines is 3. The molecule has 0 amide bonds. The maximum Gasteiger partial charge on any atom is 0.242 e. The molecule has 0 fully saturated rings. The van der Waals surface area contributed by atoms with E-state index in [0.717, 1.165) is 45.1 Å². The zero-order valence-electron chi connectivity index (χ0n) is 41.1. The van der Waals surface area contributed by atoms with Crippen LogP contribution in [0.4, 0.5) is 17.1 Å². The van der Waals surface area contributed by atoms with E-state index in [2.05, 4.69) is 259 Å². The molecule has 0 unspecified atom stereocenters. The van der Waals surface area contributed by atoms with Crippen molar-refractivity contribution in [2.75, 3.05) is 12.0 Å². The second-order valence-corrected chi connectivity index (χ2v) is 19.2. The zero-order valence-corrected chi connectivity index (χ0v) is 41.1. The first kappa shape index (κ1) is 44.4. The van der Waals surface area contributed by atoms with Gasteiger partial charge in [0.15, 0.2) is 0 Å². The van der Waals surface area contributed by atoms with Crippen molar-refractivity contribution in [3.63, 3.8) is 0 Å². The summed E-state index contributed by atoms with van der Waals surface area (Å²) < 4.78 is 6.28. The van der Waals surface area contributed by atoms with Crippen LogP contribution in [0.3, 0.4) is 0 Å². The van der Waals surface area contributed by atoms with Gasteiger partial charge in [-0.1, -0.05) is 207 Å². The van der Waals surface area contributed by atoms with Crippen LogP contribution in [0.5, 0.6) is 5.75 Å². The summed E-state index contributed by atoms with van der Waals surface area (Å²) in [5.41, 5.74) is 22.3. The number of rotatable bonds is 10. The van der Waals surface area contributed by atoms with Gasteiger partial charge < -0.3 is 9.64 Å². The number of para-hydroxylation sites is 2. The molecule has 0 aromatic heterocycles. The molecule has 2 nitrogen and oxygen atoms in total. The number of methoxy groups -OCH3 is 1. The molecule has 0 spiro atoms. The molecule has 0 aliphatic heterocycles. The second-order valence-electron chi connectivity index (χ2n) is 19.2. The van der Waals surface area contributed by atoms with Gasteiger partial charge in [-0.15, -0.1) is 0 Å². The Morgan fingerprint density at radius 2 is 0.743 bits per heavy atom. The van der Waals surface area contributed by atoms with Crippen molar-refractivity contribution >= 4 is 72.5 Å². The second kappa shape index (κ2) is 18.4. The molecule has 11 aromatic carbocycles. The van der Waals surface area contributed by atoms with E-state index in [4.69, 9.17) is 4.74 Å². The highest BCUT2D eigenvalue weighted by molar-refractivity contribution is 6.96. The predicted octanol–water partition coefficient (Wildman–Crippen LogP) is 16.0. The van der Waals surface area contributed by atoms with Crippen molar-refractivity contribution in [3.05, 3.63) is 246 Å². The Balaban J connectivity index is 0.996. The van der Waals surface area contributed by atoms with E-state index < -0.39 is 0 Å². The Morgan fingerprint density at radius 1 is 0.329 bits per heavy atom. The molecule has 70 heavy (non-hydrogen) atoms. The van der Waals surface area contributed by atoms with Gasteiger partial charge in [-0.25, -0.2) is 0 Å². The molecule has 11 rings (SSSR count). The largest absolute Gasteiger partial charge is 0.496 e. The van der Waals surface area contributed by atoms with Crippen LogP contribution in [0, 0.1) is 41.5 Å². The van der Waals surface area contributed by atoms with Crippen molar-refractivity contribution in [3.8, 4) is 39.1 Å². The van der Waals surface area contributed by atoms with Crippen LogP contribution in [0.15, 0.2) is 212 Å². The van der Waals surface area contributed by atoms with Gasteiger partial charge in [-0.2, -0.15) is 0 Å². The Bertz CT molecular complexity index is 3600. The average Bonchev–Trinajstić information content (AvgIpc) is 3.38. The van der Waals surface area contributed by atoms with Gasteiger partial charge in [0.2, 0.25) is 6.71 Å². The molecular formula is C67H56BNO. The Morgan fingerprint density at radius 3 is 1.24 bits per heavy atom. The van der Waals surface area contributed by atoms with E-state index in [9.17, 15) is 0 Å². The highest BCUT2D eigenvalue weighted by Crippen LogP contribution is 2.45. The van der Waals surface area contributed by atoms with Crippen molar-refractivity contribution < 1.29 is 4.74 Å². The first-order valence-electron chi connectivity index (χ1n) is 24.5. The van der Waals surface area contributed by atoms with Gasteiger partial charge in [-0.3, -0.25) is 0 Å². The number of aryl methyl sites for hydroxylation is 6. The monoisotopic (exact) mass is 901 g/mol. The topological polar surface area (TPSA) is 12.5 Å². The maximum absolute atomic E-state index is 6.28. The Hall–Kier alpha value is -8.14. The molecule has 0 radical (unpaired) electrons. The van der Waals surface area contributed by atoms with Crippen LogP contribution in [-0.4, -0.2) is 13.8 Å². The fourth-order valence-corrected chi connectivity index (χ4v) is 11.5. The van der Waals surface area contributed by atoms with Crippen LogP contribution in [-0.2, 0) is 0 Å². The summed E-state index contributed by atoms with van der Waals surface area (Å²) in [6, 6.07) is 78.0. The summed E-state index contributed by atoms with van der Waals surface area (Å²) in [7, 11) is 1.79. The molecule has 3 heteroatoms. The number of hydrogen-bond acceptors (Lipinski definition) is 2. The highest BCUT2D eigenvalue weighted by atomic mass is 16.5. The molecule has 11 aromatic rings.